The Bertz CT molecular complexity index is 659. The number of carbonyl (C=O) groups is 2. The molecule has 1 aromatic rings. The average Bonchev–Trinajstić information content (AvgIpc) is 2.77. The van der Waals surface area contributed by atoms with Gasteiger partial charge in [-0.15, -0.1) is 0 Å². The molecule has 2 N–H and O–H groups in total. The second-order valence-corrected chi connectivity index (χ2v) is 6.64. The molecule has 2 unspecified atom stereocenters. The van der Waals surface area contributed by atoms with Crippen molar-refractivity contribution in [2.75, 3.05) is 26.4 Å². The van der Waals surface area contributed by atoms with Crippen LogP contribution in [0.4, 0.5) is 0 Å². The first-order valence-corrected chi connectivity index (χ1v) is 8.66. The summed E-state index contributed by atoms with van der Waals surface area (Å²) in [6, 6.07) is 4.97. The molecule has 0 aromatic heterocycles. The number of fused-ring (bicyclic) bond motifs is 1. The number of hydroxylamine groups is 1. The van der Waals surface area contributed by atoms with Crippen molar-refractivity contribution in [3.63, 3.8) is 0 Å². The van der Waals surface area contributed by atoms with Crippen LogP contribution in [0.1, 0.15) is 42.2 Å². The fourth-order valence-corrected chi connectivity index (χ4v) is 3.37. The molecule has 2 heterocycles. The topological polar surface area (TPSA) is 88.1 Å². The molecule has 0 saturated carbocycles. The lowest BCUT2D eigenvalue weighted by atomic mass is 9.89. The molecule has 7 heteroatoms. The van der Waals surface area contributed by atoms with Gasteiger partial charge in [0, 0.05) is 11.1 Å². The zero-order chi connectivity index (χ0) is 18.0. The van der Waals surface area contributed by atoms with Gasteiger partial charge in [-0.1, -0.05) is 26.3 Å². The highest BCUT2D eigenvalue weighted by atomic mass is 16.5. The lowest BCUT2D eigenvalue weighted by Gasteiger charge is -2.38. The molecule has 1 aromatic carbocycles. The zero-order valence-electron chi connectivity index (χ0n) is 14.5. The Morgan fingerprint density at radius 1 is 1.40 bits per heavy atom. The van der Waals surface area contributed by atoms with Crippen molar-refractivity contribution in [1.82, 2.24) is 10.4 Å². The number of benzene rings is 1. The first-order valence-electron chi connectivity index (χ1n) is 8.66. The van der Waals surface area contributed by atoms with Crippen molar-refractivity contribution in [2.24, 2.45) is 11.8 Å². The third-order valence-electron chi connectivity index (χ3n) is 5.07. The summed E-state index contributed by atoms with van der Waals surface area (Å²) >= 11 is 0. The van der Waals surface area contributed by atoms with Gasteiger partial charge in [0.25, 0.3) is 5.91 Å². The van der Waals surface area contributed by atoms with E-state index in [2.05, 4.69) is 13.8 Å². The average molecular weight is 348 g/mol. The van der Waals surface area contributed by atoms with E-state index < -0.39 is 5.91 Å². The van der Waals surface area contributed by atoms with Gasteiger partial charge in [0.05, 0.1) is 31.7 Å². The van der Waals surface area contributed by atoms with Gasteiger partial charge in [-0.2, -0.15) is 0 Å². The van der Waals surface area contributed by atoms with Crippen molar-refractivity contribution in [2.45, 2.75) is 26.3 Å². The smallest absolute Gasteiger partial charge is 0.274 e. The lowest BCUT2D eigenvalue weighted by Crippen LogP contribution is -2.48. The molecule has 7 nitrogen and oxygen atoms in total. The Hall–Kier alpha value is -2.12. The number of amides is 2. The van der Waals surface area contributed by atoms with Crippen LogP contribution in [0, 0.1) is 11.8 Å². The lowest BCUT2D eigenvalue weighted by molar-refractivity contribution is -0.153. The standard InChI is InChI=1S/C18H24N2O5/c1-3-11(2)16-14-5-4-12(17(21)19-23)8-15(14)25-7-6-20(16)18(22)13-9-24-10-13/h4-5,8,11,13,16,23H,3,6-7,9-10H2,1-2H3,(H,19,21). The Morgan fingerprint density at radius 2 is 2.16 bits per heavy atom. The van der Waals surface area contributed by atoms with Crippen LogP contribution in [0.25, 0.3) is 0 Å². The minimum absolute atomic E-state index is 0.0763. The maximum Gasteiger partial charge on any atom is 0.274 e. The SMILES string of the molecule is CCC(C)C1c2ccc(C(=O)NO)cc2OCCN1C(=O)C1COC1. The van der Waals surface area contributed by atoms with E-state index in [1.54, 1.807) is 17.6 Å². The summed E-state index contributed by atoms with van der Waals surface area (Å²) < 4.78 is 11.0. The van der Waals surface area contributed by atoms with Crippen LogP contribution in [0.2, 0.25) is 0 Å². The monoisotopic (exact) mass is 348 g/mol. The van der Waals surface area contributed by atoms with Crippen molar-refractivity contribution in [3.05, 3.63) is 29.3 Å². The summed E-state index contributed by atoms with van der Waals surface area (Å²) in [7, 11) is 0. The molecule has 0 radical (unpaired) electrons. The van der Waals surface area contributed by atoms with Crippen LogP contribution in [-0.2, 0) is 9.53 Å². The normalized spacial score (nSPS) is 21.4. The van der Waals surface area contributed by atoms with E-state index in [0.29, 0.717) is 37.7 Å². The summed E-state index contributed by atoms with van der Waals surface area (Å²) in [5.74, 6) is 0.266. The van der Waals surface area contributed by atoms with E-state index in [9.17, 15) is 9.59 Å². The first kappa shape index (κ1) is 17.7. The van der Waals surface area contributed by atoms with Gasteiger partial charge >= 0.3 is 0 Å². The number of hydrogen-bond donors (Lipinski definition) is 2. The van der Waals surface area contributed by atoms with Crippen molar-refractivity contribution in [3.8, 4) is 5.75 Å². The van der Waals surface area contributed by atoms with E-state index in [0.717, 1.165) is 12.0 Å². The minimum atomic E-state index is -0.588. The second-order valence-electron chi connectivity index (χ2n) is 6.64. The van der Waals surface area contributed by atoms with Crippen molar-refractivity contribution < 1.29 is 24.3 Å². The van der Waals surface area contributed by atoms with E-state index in [-0.39, 0.29) is 23.8 Å². The first-order chi connectivity index (χ1) is 12.1. The van der Waals surface area contributed by atoms with E-state index in [4.69, 9.17) is 14.7 Å². The van der Waals surface area contributed by atoms with Crippen LogP contribution >= 0.6 is 0 Å². The summed E-state index contributed by atoms with van der Waals surface area (Å²) in [6.07, 6.45) is 0.911. The molecular weight excluding hydrogens is 324 g/mol. The Labute approximate surface area is 146 Å². The molecule has 2 atom stereocenters. The Morgan fingerprint density at radius 3 is 2.76 bits per heavy atom. The Balaban J connectivity index is 1.98. The molecule has 1 saturated heterocycles. The van der Waals surface area contributed by atoms with Crippen LogP contribution in [0.3, 0.4) is 0 Å². The predicted octanol–water partition coefficient (Wildman–Crippen LogP) is 1.76. The van der Waals surface area contributed by atoms with Crippen LogP contribution < -0.4 is 10.2 Å². The summed E-state index contributed by atoms with van der Waals surface area (Å²) in [5, 5.41) is 8.83. The maximum atomic E-state index is 12.9. The Kier molecular flexibility index (Phi) is 5.24. The van der Waals surface area contributed by atoms with Gasteiger partial charge in [0.2, 0.25) is 5.91 Å². The van der Waals surface area contributed by atoms with Crippen LogP contribution in [0.5, 0.6) is 5.75 Å². The molecule has 3 rings (SSSR count). The molecule has 0 spiro atoms. The van der Waals surface area contributed by atoms with Crippen LogP contribution in [-0.4, -0.2) is 48.3 Å². The second kappa shape index (κ2) is 7.41. The molecular formula is C18H24N2O5. The summed E-state index contributed by atoms with van der Waals surface area (Å²) in [6.45, 7) is 6.03. The third-order valence-corrected chi connectivity index (χ3v) is 5.07. The molecule has 0 bridgehead atoms. The van der Waals surface area contributed by atoms with Gasteiger partial charge in [-0.05, 0) is 18.1 Å². The third kappa shape index (κ3) is 3.34. The van der Waals surface area contributed by atoms with E-state index >= 15 is 0 Å². The van der Waals surface area contributed by atoms with Crippen molar-refractivity contribution in [1.29, 1.82) is 0 Å². The predicted molar refractivity (Wildman–Crippen MR) is 89.4 cm³/mol. The number of rotatable bonds is 4. The maximum absolute atomic E-state index is 12.9. The largest absolute Gasteiger partial charge is 0.491 e. The van der Waals surface area contributed by atoms with Crippen molar-refractivity contribution >= 4 is 11.8 Å². The summed E-state index contributed by atoms with van der Waals surface area (Å²) in [4.78, 5) is 26.5. The molecule has 1 fully saturated rings. The van der Waals surface area contributed by atoms with E-state index in [1.807, 2.05) is 11.0 Å². The van der Waals surface area contributed by atoms with Gasteiger partial charge in [-0.3, -0.25) is 14.8 Å². The zero-order valence-corrected chi connectivity index (χ0v) is 14.5. The van der Waals surface area contributed by atoms with Gasteiger partial charge in [0.1, 0.15) is 12.4 Å². The fraction of sp³-hybridized carbons (Fsp3) is 0.556. The summed E-state index contributed by atoms with van der Waals surface area (Å²) in [5.41, 5.74) is 2.85. The number of carbonyl (C=O) groups excluding carboxylic acids is 2. The number of hydrogen-bond acceptors (Lipinski definition) is 5. The van der Waals surface area contributed by atoms with Gasteiger partial charge in [-0.25, -0.2) is 5.48 Å². The molecule has 2 aliphatic rings. The highest BCUT2D eigenvalue weighted by Crippen LogP contribution is 2.39. The minimum Gasteiger partial charge on any atom is -0.491 e. The molecule has 136 valence electrons. The number of nitrogens with zero attached hydrogens (tertiary/aromatic N) is 1. The van der Waals surface area contributed by atoms with E-state index in [1.165, 1.54) is 0 Å². The molecule has 2 aliphatic heterocycles. The highest BCUT2D eigenvalue weighted by molar-refractivity contribution is 5.94. The van der Waals surface area contributed by atoms with Gasteiger partial charge in [0.15, 0.2) is 0 Å². The molecule has 0 aliphatic carbocycles. The van der Waals surface area contributed by atoms with Gasteiger partial charge < -0.3 is 14.4 Å². The molecule has 25 heavy (non-hydrogen) atoms. The number of nitrogens with one attached hydrogen (secondary N) is 1. The quantitative estimate of drug-likeness (QED) is 0.639. The highest BCUT2D eigenvalue weighted by Gasteiger charge is 2.38. The fourth-order valence-electron chi connectivity index (χ4n) is 3.37. The molecule has 2 amide bonds. The number of ether oxygens (including phenoxy) is 2. The van der Waals surface area contributed by atoms with Crippen LogP contribution in [0.15, 0.2) is 18.2 Å².